The lowest BCUT2D eigenvalue weighted by atomic mass is 10.2. The van der Waals surface area contributed by atoms with Gasteiger partial charge in [0.25, 0.3) is 5.56 Å². The van der Waals surface area contributed by atoms with Crippen molar-refractivity contribution in [2.75, 3.05) is 25.4 Å². The van der Waals surface area contributed by atoms with Gasteiger partial charge in [-0.05, 0) is 42.2 Å². The van der Waals surface area contributed by atoms with E-state index >= 15 is 0 Å². The molecule has 1 fully saturated rings. The number of ketones is 1. The van der Waals surface area contributed by atoms with Crippen LogP contribution in [0.5, 0.6) is 0 Å². The van der Waals surface area contributed by atoms with Gasteiger partial charge in [0.15, 0.2) is 6.61 Å². The van der Waals surface area contributed by atoms with Gasteiger partial charge in [0, 0.05) is 26.2 Å². The van der Waals surface area contributed by atoms with Crippen LogP contribution in [0.25, 0.3) is 6.08 Å². The van der Waals surface area contributed by atoms with Gasteiger partial charge >= 0.3 is 11.7 Å². The molecule has 0 aliphatic carbocycles. The van der Waals surface area contributed by atoms with Crippen molar-refractivity contribution in [2.24, 2.45) is 7.05 Å². The number of hydrogen-bond donors (Lipinski definition) is 1. The summed E-state index contributed by atoms with van der Waals surface area (Å²) in [6.45, 7) is 0.278. The van der Waals surface area contributed by atoms with E-state index in [9.17, 15) is 27.6 Å². The predicted molar refractivity (Wildman–Crippen MR) is 154 cm³/mol. The molecule has 0 spiro atoms. The lowest BCUT2D eigenvalue weighted by molar-refractivity contribution is -0.136. The average Bonchev–Trinajstić information content (AvgIpc) is 3.27. The molecule has 12 heteroatoms. The number of nitrogens with two attached hydrogens (primary N) is 1. The molecule has 0 unspecified atom stereocenters. The van der Waals surface area contributed by atoms with Crippen molar-refractivity contribution in [1.82, 2.24) is 13.4 Å². The molecule has 41 heavy (non-hydrogen) atoms. The van der Waals surface area contributed by atoms with Gasteiger partial charge in [-0.25, -0.2) is 18.0 Å². The Labute approximate surface area is 237 Å². The lowest BCUT2D eigenvalue weighted by Crippen LogP contribution is -2.43. The summed E-state index contributed by atoms with van der Waals surface area (Å²) in [4.78, 5) is 50.6. The molecule has 2 heterocycles. The van der Waals surface area contributed by atoms with Gasteiger partial charge in [-0.15, -0.1) is 0 Å². The Kier molecular flexibility index (Phi) is 9.35. The third-order valence-corrected chi connectivity index (χ3v) is 8.80. The van der Waals surface area contributed by atoms with E-state index in [1.807, 2.05) is 6.07 Å². The maximum absolute atomic E-state index is 12.9. The zero-order valence-electron chi connectivity index (χ0n) is 22.7. The number of Topliss-reactive ketones (excluding diaryl/α,β-unsaturated/α-hetero) is 1. The van der Waals surface area contributed by atoms with Crippen molar-refractivity contribution in [3.63, 3.8) is 0 Å². The van der Waals surface area contributed by atoms with Crippen molar-refractivity contribution in [1.29, 1.82) is 0 Å². The van der Waals surface area contributed by atoms with Crippen LogP contribution in [0.2, 0.25) is 0 Å². The molecule has 1 aromatic heterocycles. The molecule has 3 aromatic rings. The van der Waals surface area contributed by atoms with E-state index in [1.54, 1.807) is 36.4 Å². The molecule has 0 atom stereocenters. The summed E-state index contributed by atoms with van der Waals surface area (Å²) in [5.74, 6) is -2.02. The van der Waals surface area contributed by atoms with Crippen molar-refractivity contribution in [3.8, 4) is 0 Å². The number of sulfonamides is 1. The van der Waals surface area contributed by atoms with Gasteiger partial charge in [0.1, 0.15) is 11.4 Å². The van der Waals surface area contributed by atoms with Gasteiger partial charge in [-0.2, -0.15) is 4.31 Å². The quantitative estimate of drug-likeness (QED) is 0.230. The Morgan fingerprint density at radius 3 is 2.22 bits per heavy atom. The number of ether oxygens (including phenoxy) is 1. The number of hydrogen-bond acceptors (Lipinski definition) is 8. The molecule has 1 aliphatic heterocycles. The number of nitrogens with zero attached hydrogens (tertiary/aromatic N) is 3. The van der Waals surface area contributed by atoms with Crippen molar-refractivity contribution < 1.29 is 22.7 Å². The van der Waals surface area contributed by atoms with Gasteiger partial charge in [-0.3, -0.25) is 18.7 Å². The molecule has 1 saturated heterocycles. The van der Waals surface area contributed by atoms with Crippen molar-refractivity contribution in [2.45, 2.75) is 37.1 Å². The second-order valence-corrected chi connectivity index (χ2v) is 11.7. The molecule has 2 aromatic carbocycles. The minimum atomic E-state index is -3.59. The van der Waals surface area contributed by atoms with Gasteiger partial charge in [0.2, 0.25) is 15.8 Å². The largest absolute Gasteiger partial charge is 0.454 e. The number of nitrogen functional groups attached to an aromatic ring is 1. The zero-order valence-corrected chi connectivity index (χ0v) is 23.5. The topological polar surface area (TPSA) is 151 Å². The van der Waals surface area contributed by atoms with Gasteiger partial charge in [-0.1, -0.05) is 55.3 Å². The Morgan fingerprint density at radius 1 is 0.951 bits per heavy atom. The van der Waals surface area contributed by atoms with Crippen LogP contribution in [0.1, 0.15) is 47.2 Å². The Bertz CT molecular complexity index is 1670. The first-order valence-corrected chi connectivity index (χ1v) is 14.6. The standard InChI is InChI=1S/C29H32N4O7S/c1-31-28(36)26(27(30)33(29(31)37)19-22-9-5-4-6-10-22)24(34)20-40-25(35)16-13-21-11-14-23(15-12-21)41(38,39)32-17-7-2-3-8-18-32/h4-6,9-16H,2-3,7-8,17-20,30H2,1H3/b16-13+. The summed E-state index contributed by atoms with van der Waals surface area (Å²) >= 11 is 0. The zero-order chi connectivity index (χ0) is 29.6. The first-order valence-electron chi connectivity index (χ1n) is 13.2. The van der Waals surface area contributed by atoms with Crippen LogP contribution in [0.4, 0.5) is 5.82 Å². The average molecular weight is 581 g/mol. The van der Waals surface area contributed by atoms with Crippen molar-refractivity contribution >= 4 is 33.7 Å². The molecule has 2 N–H and O–H groups in total. The predicted octanol–water partition coefficient (Wildman–Crippen LogP) is 2.18. The summed E-state index contributed by atoms with van der Waals surface area (Å²) in [7, 11) is -2.35. The smallest absolute Gasteiger partial charge is 0.332 e. The molecule has 1 aliphatic rings. The summed E-state index contributed by atoms with van der Waals surface area (Å²) in [5, 5.41) is 0. The highest BCUT2D eigenvalue weighted by Gasteiger charge is 2.25. The van der Waals surface area contributed by atoms with E-state index < -0.39 is 45.2 Å². The number of anilines is 1. The highest BCUT2D eigenvalue weighted by Crippen LogP contribution is 2.21. The minimum Gasteiger partial charge on any atom is -0.454 e. The number of carbonyl (C=O) groups is 2. The summed E-state index contributed by atoms with van der Waals surface area (Å²) in [6, 6.07) is 15.0. The number of rotatable bonds is 9. The van der Waals surface area contributed by atoms with E-state index in [4.69, 9.17) is 10.5 Å². The highest BCUT2D eigenvalue weighted by molar-refractivity contribution is 7.89. The van der Waals surface area contributed by atoms with Crippen molar-refractivity contribution in [3.05, 3.63) is 98.2 Å². The second kappa shape index (κ2) is 12.9. The molecule has 0 amide bonds. The maximum Gasteiger partial charge on any atom is 0.332 e. The maximum atomic E-state index is 12.9. The molecule has 0 saturated carbocycles. The molecule has 0 bridgehead atoms. The SMILES string of the molecule is Cn1c(=O)c(C(=O)COC(=O)/C=C/c2ccc(S(=O)(=O)N3CCCCCC3)cc2)c(N)n(Cc2ccccc2)c1=O. The first-order chi connectivity index (χ1) is 19.6. The van der Waals surface area contributed by atoms with Gasteiger partial charge < -0.3 is 10.5 Å². The van der Waals surface area contributed by atoms with Crippen LogP contribution in [0.3, 0.4) is 0 Å². The highest BCUT2D eigenvalue weighted by atomic mass is 32.2. The first kappa shape index (κ1) is 29.7. The second-order valence-electron chi connectivity index (χ2n) is 9.73. The monoisotopic (exact) mass is 580 g/mol. The number of carbonyl (C=O) groups excluding carboxylic acids is 2. The van der Waals surface area contributed by atoms with Crippen LogP contribution in [0, 0.1) is 0 Å². The molecule has 0 radical (unpaired) electrons. The summed E-state index contributed by atoms with van der Waals surface area (Å²) in [5.41, 5.74) is 5.35. The summed E-state index contributed by atoms with van der Waals surface area (Å²) < 4.78 is 34.3. The van der Waals surface area contributed by atoms with Gasteiger partial charge in [0.05, 0.1) is 11.4 Å². The van der Waals surface area contributed by atoms with Crippen LogP contribution >= 0.6 is 0 Å². The molecule has 11 nitrogen and oxygen atoms in total. The van der Waals surface area contributed by atoms with E-state index in [2.05, 4.69) is 0 Å². The molecular formula is C29H32N4O7S. The third kappa shape index (κ3) is 6.90. The number of aromatic nitrogens is 2. The Hall–Kier alpha value is -4.29. The Morgan fingerprint density at radius 2 is 1.59 bits per heavy atom. The van der Waals surface area contributed by atoms with E-state index in [-0.39, 0.29) is 17.3 Å². The third-order valence-electron chi connectivity index (χ3n) is 6.89. The minimum absolute atomic E-state index is 0.0422. The Balaban J connectivity index is 1.41. The van der Waals surface area contributed by atoms with Crippen LogP contribution in [0.15, 0.2) is 75.2 Å². The number of esters is 1. The molecule has 4 rings (SSSR count). The fraction of sp³-hybridized carbons (Fsp3) is 0.310. The normalized spacial score (nSPS) is 14.6. The lowest BCUT2D eigenvalue weighted by Gasteiger charge is -2.19. The van der Waals surface area contributed by atoms with E-state index in [0.29, 0.717) is 18.7 Å². The fourth-order valence-corrected chi connectivity index (χ4v) is 6.08. The summed E-state index contributed by atoms with van der Waals surface area (Å²) in [6.07, 6.45) is 6.21. The van der Waals surface area contributed by atoms with E-state index in [0.717, 1.165) is 46.5 Å². The fourth-order valence-electron chi connectivity index (χ4n) is 4.57. The van der Waals surface area contributed by atoms with Crippen LogP contribution in [-0.2, 0) is 33.1 Å². The van der Waals surface area contributed by atoms with Crippen LogP contribution in [-0.4, -0.2) is 53.3 Å². The molecule has 216 valence electrons. The number of benzene rings is 2. The molecular weight excluding hydrogens is 548 g/mol. The van der Waals surface area contributed by atoms with E-state index in [1.165, 1.54) is 29.6 Å². The van der Waals surface area contributed by atoms with Crippen LogP contribution < -0.4 is 17.0 Å².